The number of aryl methyl sites for hydroxylation is 1. The summed E-state index contributed by atoms with van der Waals surface area (Å²) in [5, 5.41) is 4.79. The summed E-state index contributed by atoms with van der Waals surface area (Å²) in [6, 6.07) is 31.2. The summed E-state index contributed by atoms with van der Waals surface area (Å²) in [5.74, 6) is 0.827. The third-order valence-corrected chi connectivity index (χ3v) is 7.86. The normalized spacial score (nSPS) is 14.5. The number of rotatable bonds is 4. The van der Waals surface area contributed by atoms with Crippen LogP contribution >= 0.6 is 0 Å². The first kappa shape index (κ1) is 29.7. The van der Waals surface area contributed by atoms with Gasteiger partial charge in [0.2, 0.25) is 0 Å². The van der Waals surface area contributed by atoms with Crippen molar-refractivity contribution in [2.45, 2.75) is 59.0 Å². The van der Waals surface area contributed by atoms with Gasteiger partial charge in [0.15, 0.2) is 5.78 Å². The molecule has 1 aliphatic carbocycles. The number of pyridine rings is 1. The van der Waals surface area contributed by atoms with E-state index in [1.807, 2.05) is 19.2 Å². The fourth-order valence-corrected chi connectivity index (χ4v) is 6.08. The molecule has 0 saturated heterocycles. The van der Waals surface area contributed by atoms with Crippen LogP contribution in [0.3, 0.4) is 0 Å². The maximum atomic E-state index is 10.7. The molecule has 5 aromatic rings. The molecule has 0 N–H and O–H groups in total. The molecule has 0 spiro atoms. The van der Waals surface area contributed by atoms with Gasteiger partial charge in [-0.2, -0.15) is 0 Å². The maximum Gasteiger partial charge on any atom is 0.155 e. The second-order valence-electron chi connectivity index (χ2n) is 11.1. The fourth-order valence-electron chi connectivity index (χ4n) is 6.08. The molecule has 0 bridgehead atoms. The summed E-state index contributed by atoms with van der Waals surface area (Å²) in [5.41, 5.74) is 6.77. The van der Waals surface area contributed by atoms with E-state index >= 15 is 0 Å². The van der Waals surface area contributed by atoms with Crippen LogP contribution in [0, 0.1) is 13.0 Å². The number of ether oxygens (including phenoxy) is 1. The Hall–Kier alpha value is -3.79. The first-order valence-corrected chi connectivity index (χ1v) is 14.5. The molecule has 2 aliphatic rings. The Morgan fingerprint density at radius 2 is 1.74 bits per heavy atom. The molecular formula is C37H35IrN2O2-. The number of para-hydroxylation sites is 1. The van der Waals surface area contributed by atoms with Crippen molar-refractivity contribution in [2.24, 2.45) is 0 Å². The minimum Gasteiger partial charge on any atom is -0.495 e. The molecule has 0 unspecified atom stereocenters. The second kappa shape index (κ2) is 13.0. The fraction of sp³-hybridized carbons (Fsp3) is 0.243. The van der Waals surface area contributed by atoms with Crippen LogP contribution < -0.4 is 4.90 Å². The largest absolute Gasteiger partial charge is 0.495 e. The van der Waals surface area contributed by atoms with E-state index in [2.05, 4.69) is 90.7 Å². The average Bonchev–Trinajstić information content (AvgIpc) is 2.98. The molecule has 1 fully saturated rings. The van der Waals surface area contributed by atoms with Crippen LogP contribution in [0.4, 0.5) is 17.1 Å². The first-order chi connectivity index (χ1) is 20.0. The Labute approximate surface area is 261 Å². The summed E-state index contributed by atoms with van der Waals surface area (Å²) >= 11 is 0. The Morgan fingerprint density at radius 1 is 0.952 bits per heavy atom. The van der Waals surface area contributed by atoms with Gasteiger partial charge in [-0.15, -0.1) is 23.8 Å². The second-order valence-corrected chi connectivity index (χ2v) is 11.1. The zero-order valence-electron chi connectivity index (χ0n) is 24.3. The molecule has 1 radical (unpaired) electrons. The SMILES string of the molecule is CC(=O)/C=C(/C)OC1CCCCC1.Cc1ccc2cnc3c(c2c1)N(c1ccccc1)c1cccc2cc[c-]c-3c12.[Ir]. The van der Waals surface area contributed by atoms with Gasteiger partial charge < -0.3 is 14.6 Å². The van der Waals surface area contributed by atoms with E-state index in [9.17, 15) is 4.79 Å². The van der Waals surface area contributed by atoms with Gasteiger partial charge in [0, 0.05) is 65.9 Å². The molecule has 1 saturated carbocycles. The molecule has 1 aliphatic heterocycles. The topological polar surface area (TPSA) is 42.4 Å². The monoisotopic (exact) mass is 732 g/mol. The van der Waals surface area contributed by atoms with E-state index < -0.39 is 0 Å². The first-order valence-electron chi connectivity index (χ1n) is 14.5. The summed E-state index contributed by atoms with van der Waals surface area (Å²) in [6.45, 7) is 5.55. The number of aromatic nitrogens is 1. The molecule has 7 rings (SSSR count). The predicted molar refractivity (Wildman–Crippen MR) is 169 cm³/mol. The van der Waals surface area contributed by atoms with E-state index in [1.165, 1.54) is 46.7 Å². The van der Waals surface area contributed by atoms with Crippen molar-refractivity contribution in [3.05, 3.63) is 109 Å². The van der Waals surface area contributed by atoms with E-state index in [4.69, 9.17) is 9.72 Å². The molecule has 2 heterocycles. The Morgan fingerprint density at radius 3 is 2.50 bits per heavy atom. The summed E-state index contributed by atoms with van der Waals surface area (Å²) in [7, 11) is 0. The average molecular weight is 732 g/mol. The van der Waals surface area contributed by atoms with Crippen molar-refractivity contribution in [1.29, 1.82) is 0 Å². The number of nitrogens with zero attached hydrogens (tertiary/aromatic N) is 2. The van der Waals surface area contributed by atoms with Gasteiger partial charge in [-0.05, 0) is 64.7 Å². The molecule has 4 nitrogen and oxygen atoms in total. The number of hydrogen-bond donors (Lipinski definition) is 0. The number of allylic oxidation sites excluding steroid dienone is 2. The maximum absolute atomic E-state index is 10.7. The van der Waals surface area contributed by atoms with Crippen molar-refractivity contribution in [2.75, 3.05) is 4.90 Å². The number of carbonyl (C=O) groups is 1. The van der Waals surface area contributed by atoms with Gasteiger partial charge in [-0.25, -0.2) is 0 Å². The van der Waals surface area contributed by atoms with Crippen molar-refractivity contribution >= 4 is 44.4 Å². The van der Waals surface area contributed by atoms with Gasteiger partial charge in [0.1, 0.15) is 0 Å². The number of ketones is 1. The van der Waals surface area contributed by atoms with E-state index in [1.54, 1.807) is 13.0 Å². The van der Waals surface area contributed by atoms with Crippen molar-refractivity contribution in [3.63, 3.8) is 0 Å². The quantitative estimate of drug-likeness (QED) is 0.103. The van der Waals surface area contributed by atoms with Crippen LogP contribution in [0.25, 0.3) is 32.8 Å². The molecule has 4 aromatic carbocycles. The molecule has 42 heavy (non-hydrogen) atoms. The standard InChI is InChI=1S/C26H17N2.C11H18O2.Ir/c1-17-13-14-19-16-27-25-21-11-5-7-18-8-6-12-23(24(18)21)28(26(25)22(19)15-17)20-9-3-2-4-10-20;1-9(12)8-10(2)13-11-6-4-3-5-7-11;/h2-10,12-16H,1H3;8,11H,3-7H2,1-2H3;/q-1;;/b;10-8-;. The van der Waals surface area contributed by atoms with Crippen molar-refractivity contribution in [1.82, 2.24) is 4.98 Å². The molecular weight excluding hydrogens is 697 g/mol. The number of carbonyl (C=O) groups excluding carboxylic acids is 1. The van der Waals surface area contributed by atoms with E-state index in [0.29, 0.717) is 6.10 Å². The Bertz CT molecular complexity index is 1750. The van der Waals surface area contributed by atoms with Crippen molar-refractivity contribution < 1.29 is 29.6 Å². The third kappa shape index (κ3) is 6.04. The molecule has 5 heteroatoms. The van der Waals surface area contributed by atoms with Gasteiger partial charge in [0.25, 0.3) is 0 Å². The molecule has 0 atom stereocenters. The van der Waals surface area contributed by atoms with Crippen LogP contribution in [0.2, 0.25) is 0 Å². The molecule has 215 valence electrons. The number of benzene rings is 4. The smallest absolute Gasteiger partial charge is 0.155 e. The summed E-state index contributed by atoms with van der Waals surface area (Å²) < 4.78 is 5.64. The number of fused-ring (bicyclic) bond motifs is 4. The van der Waals surface area contributed by atoms with Crippen molar-refractivity contribution in [3.8, 4) is 11.3 Å². The summed E-state index contributed by atoms with van der Waals surface area (Å²) in [6.07, 6.45) is 10.0. The van der Waals surface area contributed by atoms with Gasteiger partial charge in [-0.1, -0.05) is 71.3 Å². The zero-order chi connectivity index (χ0) is 28.3. The summed E-state index contributed by atoms with van der Waals surface area (Å²) in [4.78, 5) is 18.0. The van der Waals surface area contributed by atoms with Crippen LogP contribution in [0.15, 0.2) is 96.9 Å². The van der Waals surface area contributed by atoms with E-state index in [-0.39, 0.29) is 25.9 Å². The predicted octanol–water partition coefficient (Wildman–Crippen LogP) is 9.77. The third-order valence-electron chi connectivity index (χ3n) is 7.86. The van der Waals surface area contributed by atoms with Gasteiger partial charge in [0.05, 0.1) is 11.9 Å². The van der Waals surface area contributed by atoms with Gasteiger partial charge >= 0.3 is 0 Å². The van der Waals surface area contributed by atoms with E-state index in [0.717, 1.165) is 46.6 Å². The van der Waals surface area contributed by atoms with Crippen LogP contribution in [-0.4, -0.2) is 16.9 Å². The van der Waals surface area contributed by atoms with Gasteiger partial charge in [-0.3, -0.25) is 4.79 Å². The number of anilines is 3. The molecule has 1 aromatic heterocycles. The minimum absolute atomic E-state index is 0. The van der Waals surface area contributed by atoms with Crippen LogP contribution in [0.5, 0.6) is 0 Å². The zero-order valence-corrected chi connectivity index (χ0v) is 26.7. The number of hydrogen-bond acceptors (Lipinski definition) is 4. The minimum atomic E-state index is 0. The van der Waals surface area contributed by atoms with Crippen LogP contribution in [-0.2, 0) is 29.6 Å². The Balaban J connectivity index is 0.000000215. The van der Waals surface area contributed by atoms with Crippen LogP contribution in [0.1, 0.15) is 51.5 Å². The Kier molecular flexibility index (Phi) is 9.21. The molecule has 0 amide bonds.